The molecule has 6 rings (SSSR count). The Balaban J connectivity index is 0.00000937. The average molecular weight is 1210 g/mol. The number of phosphoric acid groups is 3. The Bertz CT molecular complexity index is 2610. The summed E-state index contributed by atoms with van der Waals surface area (Å²) in [5.41, 5.74) is 4.46. The molecule has 2 aromatic rings. The molecule has 3 saturated heterocycles. The number of hydrogen-bond donors (Lipinski definition) is 8. The number of hydrogen-bond acceptors (Lipinski definition) is 15. The minimum Gasteiger partial charge on any atom is -0.647 e. The summed E-state index contributed by atoms with van der Waals surface area (Å²) in [7, 11) is -16.9. The van der Waals surface area contributed by atoms with Gasteiger partial charge >= 0.3 is 78.5 Å². The van der Waals surface area contributed by atoms with Gasteiger partial charge in [-0.15, -0.1) is 0 Å². The normalized spacial score (nSPS) is 27.6. The van der Waals surface area contributed by atoms with Crippen LogP contribution in [0.15, 0.2) is 72.3 Å². The van der Waals surface area contributed by atoms with Crippen LogP contribution in [0.2, 0.25) is 0 Å². The van der Waals surface area contributed by atoms with Gasteiger partial charge in [-0.3, -0.25) is 38.8 Å². The van der Waals surface area contributed by atoms with E-state index in [1.807, 2.05) is 24.3 Å². The molecule has 1 aromatic carbocycles. The fourth-order valence-electron chi connectivity index (χ4n) is 8.43. The molecule has 1 radical (unpaired) electrons. The number of rotatable bonds is 14. The standard InChI is InChI=1S/C42H61N10O14P3S.Eu/c1-25-33-9-5-11-35(49-33)27(3)46-22-32(47-28(4)36-12-6-10-34(50-36)26(2)44-19-18-43-25)20-29-13-15-31(16-14-29)48-41(70)45-17-7-8-30-23-52(42(55)51-40(30)54)39-21-37(53)38(64-39)24-63-68(59,60)66-69(61,62)65-67(56,57)58;/h7,13-17,23,32-39,53H,5-6,8-12,18-22,24H2,1-4H3,(H,59,60)(H,61,62)(H2,45,48,70)(H,51,54,55)(H2,56,57,58);/q-2;+2/b17-7+,43-25?,44-26?,46-27?,47-28?;/t32-,33?,34?,35?,36?,37+,38-,39-;/m0./s1. The number of piperidine rings is 2. The number of aliphatic hydroxyl groups is 1. The molecule has 10 atom stereocenters. The first-order valence-corrected chi connectivity index (χ1v) is 27.7. The number of aromatic nitrogens is 2. The van der Waals surface area contributed by atoms with Crippen molar-refractivity contribution in [2.45, 2.75) is 134 Å². The molecule has 5 heterocycles. The second-order valence-corrected chi connectivity index (χ2v) is 22.2. The zero-order chi connectivity index (χ0) is 50.8. The molecule has 1 aromatic heterocycles. The van der Waals surface area contributed by atoms with Gasteiger partial charge in [0.2, 0.25) is 0 Å². The summed E-state index contributed by atoms with van der Waals surface area (Å²) in [6.07, 6.45) is 6.74. The summed E-state index contributed by atoms with van der Waals surface area (Å²) in [4.78, 5) is 84.2. The van der Waals surface area contributed by atoms with Crippen molar-refractivity contribution in [2.24, 2.45) is 20.0 Å². The number of allylic oxidation sites excluding steroid dienone is 1. The minimum atomic E-state index is -5.77. The zero-order valence-corrected chi connectivity index (χ0v) is 45.4. The smallest absolute Gasteiger partial charge is 0.647 e. The number of H-pyrrole nitrogens is 1. The molecule has 0 saturated carbocycles. The number of nitrogens with one attached hydrogen (secondary N) is 3. The number of thiocarbonyl (C=S) groups is 1. The van der Waals surface area contributed by atoms with Crippen molar-refractivity contribution < 1.29 is 106 Å². The first-order chi connectivity index (χ1) is 33.0. The quantitative estimate of drug-likeness (QED) is 0.0918. The maximum Gasteiger partial charge on any atom is 2.00 e. The number of aliphatic hydroxyl groups excluding tert-OH is 1. The predicted molar refractivity (Wildman–Crippen MR) is 268 cm³/mol. The van der Waals surface area contributed by atoms with E-state index in [1.165, 1.54) is 12.4 Å². The Morgan fingerprint density at radius 1 is 0.873 bits per heavy atom. The largest absolute Gasteiger partial charge is 2.00 e. The number of nitrogens with zero attached hydrogens (tertiary/aromatic N) is 7. The number of fused-ring (bicyclic) bond motifs is 4. The van der Waals surface area contributed by atoms with Gasteiger partial charge in [0.25, 0.3) is 5.56 Å². The van der Waals surface area contributed by atoms with E-state index in [2.05, 4.69) is 56.5 Å². The van der Waals surface area contributed by atoms with Gasteiger partial charge in [-0.05, 0) is 99.5 Å². The number of benzene rings is 1. The zero-order valence-electron chi connectivity index (χ0n) is 39.5. The Morgan fingerprint density at radius 3 is 2.04 bits per heavy atom. The predicted octanol–water partition coefficient (Wildman–Crippen LogP) is 4.93. The molecule has 0 spiro atoms. The van der Waals surface area contributed by atoms with Crippen molar-refractivity contribution in [1.29, 1.82) is 0 Å². The van der Waals surface area contributed by atoms with E-state index in [1.54, 1.807) is 6.08 Å². The number of ether oxygens (including phenoxy) is 1. The molecule has 3 fully saturated rings. The molecule has 0 amide bonds. The van der Waals surface area contributed by atoms with Gasteiger partial charge in [-0.1, -0.05) is 80.9 Å². The molecular weight excluding hydrogens is 1150 g/mol. The SMILES string of the molecule is CC1=NCCN=C(C)C2CCCC([N-]2)C(C)=N[C@@H](Cc2ccc(NC(=S)N/C=C/Cc3cn([C@@H]4C[C@@H](O)[C@H](COP(=O)(O)OP(=O)(O)OP(=O)(O)O)O4)c(=O)[nH]c3=O)cc2)CN=C(C)C2CCCC1[N-]2.[Eu+2]. The van der Waals surface area contributed by atoms with E-state index >= 15 is 0 Å². The van der Waals surface area contributed by atoms with Gasteiger partial charge in [0.1, 0.15) is 12.3 Å². The summed E-state index contributed by atoms with van der Waals surface area (Å²) in [6, 6.07) is 7.98. The van der Waals surface area contributed by atoms with Gasteiger partial charge in [-0.25, -0.2) is 18.5 Å². The van der Waals surface area contributed by atoms with Crippen LogP contribution in [0.3, 0.4) is 0 Å². The number of aromatic amines is 1. The molecule has 6 unspecified atom stereocenters. The molecule has 391 valence electrons. The summed E-state index contributed by atoms with van der Waals surface area (Å²) in [5.74, 6) is 0. The molecule has 29 heteroatoms. The van der Waals surface area contributed by atoms with E-state index in [4.69, 9.17) is 57.3 Å². The fraction of sp³-hybridized carbons (Fsp3) is 0.595. The van der Waals surface area contributed by atoms with Crippen LogP contribution in [0.1, 0.15) is 90.0 Å². The molecule has 71 heavy (non-hydrogen) atoms. The Labute approximate surface area is 457 Å². The molecule has 24 nitrogen and oxygen atoms in total. The summed E-state index contributed by atoms with van der Waals surface area (Å²) in [5, 5.41) is 27.2. The summed E-state index contributed by atoms with van der Waals surface area (Å²) >= 11 is 5.50. The van der Waals surface area contributed by atoms with Crippen LogP contribution in [0.25, 0.3) is 10.6 Å². The van der Waals surface area contributed by atoms with E-state index in [9.17, 15) is 38.2 Å². The van der Waals surface area contributed by atoms with E-state index in [-0.39, 0.29) is 103 Å². The van der Waals surface area contributed by atoms with E-state index in [0.717, 1.165) is 77.2 Å². The molecule has 4 aliphatic rings. The maximum atomic E-state index is 12.7. The van der Waals surface area contributed by atoms with Crippen LogP contribution in [-0.2, 0) is 44.4 Å². The first-order valence-electron chi connectivity index (χ1n) is 22.8. The average Bonchev–Trinajstić information content (AvgIpc) is 3.66. The van der Waals surface area contributed by atoms with Crippen molar-refractivity contribution >= 4 is 69.3 Å². The fourth-order valence-corrected chi connectivity index (χ4v) is 11.6. The van der Waals surface area contributed by atoms with Crippen molar-refractivity contribution in [3.63, 3.8) is 0 Å². The Morgan fingerprint density at radius 2 is 1.45 bits per heavy atom. The summed E-state index contributed by atoms with van der Waals surface area (Å²) < 4.78 is 53.1. The monoisotopic (exact) mass is 1210 g/mol. The second-order valence-electron chi connectivity index (χ2n) is 17.4. The van der Waals surface area contributed by atoms with Crippen LogP contribution in [-0.4, -0.2) is 131 Å². The third kappa shape index (κ3) is 18.9. The van der Waals surface area contributed by atoms with Gasteiger partial charge < -0.3 is 50.7 Å². The third-order valence-electron chi connectivity index (χ3n) is 12.0. The number of phosphoric ester groups is 1. The molecule has 0 aliphatic carbocycles. The third-order valence-corrected chi connectivity index (χ3v) is 16.1. The maximum absolute atomic E-state index is 12.7. The van der Waals surface area contributed by atoms with Crippen LogP contribution in [0, 0.1) is 49.4 Å². The first kappa shape index (κ1) is 59.7. The van der Waals surface area contributed by atoms with Gasteiger partial charge in [0.05, 0.1) is 38.4 Å². The van der Waals surface area contributed by atoms with Crippen molar-refractivity contribution in [3.8, 4) is 0 Å². The van der Waals surface area contributed by atoms with Crippen LogP contribution in [0.4, 0.5) is 5.69 Å². The van der Waals surface area contributed by atoms with E-state index < -0.39 is 59.8 Å². The van der Waals surface area contributed by atoms with E-state index in [0.29, 0.717) is 26.1 Å². The van der Waals surface area contributed by atoms with Crippen molar-refractivity contribution in [3.05, 3.63) is 85.3 Å². The van der Waals surface area contributed by atoms with Crippen LogP contribution < -0.4 is 21.9 Å². The van der Waals surface area contributed by atoms with Crippen LogP contribution in [0.5, 0.6) is 0 Å². The Kier molecular flexibility index (Phi) is 22.8. The van der Waals surface area contributed by atoms with Crippen LogP contribution >= 0.6 is 35.7 Å². The van der Waals surface area contributed by atoms with Gasteiger partial charge in [0.15, 0.2) is 5.11 Å². The number of anilines is 1. The van der Waals surface area contributed by atoms with Crippen molar-refractivity contribution in [1.82, 2.24) is 14.9 Å². The van der Waals surface area contributed by atoms with Crippen molar-refractivity contribution in [2.75, 3.05) is 31.6 Å². The number of aliphatic imine (C=N–C) groups is 4. The Hall–Kier alpha value is -2.16. The molecular formula is C42H61EuN10O14P3S. The molecule has 4 bridgehead atoms. The molecule has 4 aliphatic heterocycles. The minimum absolute atomic E-state index is 0. The molecule has 8 N–H and O–H groups in total. The summed E-state index contributed by atoms with van der Waals surface area (Å²) in [6.45, 7) is 9.15. The second kappa shape index (κ2) is 27.1. The topological polar surface area (TPSA) is 346 Å². The van der Waals surface area contributed by atoms with Gasteiger partial charge in [-0.2, -0.15) is 8.62 Å². The van der Waals surface area contributed by atoms with Gasteiger partial charge in [0, 0.05) is 23.9 Å².